The Labute approximate surface area is 135 Å². The lowest BCUT2D eigenvalue weighted by atomic mass is 9.91. The number of benzene rings is 2. The summed E-state index contributed by atoms with van der Waals surface area (Å²) < 4.78 is 8.60. The second kappa shape index (κ2) is 5.14. The van der Waals surface area contributed by atoms with Crippen LogP contribution in [-0.2, 0) is 13.0 Å². The van der Waals surface area contributed by atoms with Gasteiger partial charge in [0.15, 0.2) is 0 Å². The molecule has 0 fully saturated rings. The van der Waals surface area contributed by atoms with Crippen LogP contribution in [0, 0.1) is 0 Å². The molecule has 5 rings (SSSR count). The van der Waals surface area contributed by atoms with E-state index in [1.165, 1.54) is 36.7 Å². The molecule has 3 heteroatoms. The number of ether oxygens (including phenoxy) is 1. The number of rotatable bonds is 2. The predicted octanol–water partition coefficient (Wildman–Crippen LogP) is 3.39. The minimum absolute atomic E-state index is 0.665. The van der Waals surface area contributed by atoms with Crippen LogP contribution in [0.4, 0.5) is 0 Å². The highest BCUT2D eigenvalue weighted by Crippen LogP contribution is 2.38. The number of hydrogen-bond donors (Lipinski definition) is 1. The molecule has 1 atom stereocenters. The fourth-order valence-corrected chi connectivity index (χ4v) is 4.31. The van der Waals surface area contributed by atoms with Crippen LogP contribution in [0.15, 0.2) is 48.5 Å². The van der Waals surface area contributed by atoms with Crippen LogP contribution < -0.4 is 10.1 Å². The number of nitrogens with two attached hydrogens (primary N) is 1. The summed E-state index contributed by atoms with van der Waals surface area (Å²) in [7, 11) is 0. The van der Waals surface area contributed by atoms with Gasteiger partial charge in [0.25, 0.3) is 0 Å². The molecule has 0 saturated heterocycles. The fraction of sp³-hybridized carbons (Fsp3) is 0.300. The smallest absolute Gasteiger partial charge is 0.128 e. The normalized spacial score (nSPS) is 19.6. The molecule has 0 spiro atoms. The van der Waals surface area contributed by atoms with Gasteiger partial charge in [-0.1, -0.05) is 18.2 Å². The standard InChI is InChI=1S/C20H20N2O/c1-2-5-14(6-3-1)23-15-9-10-19-17(13-15)16-7-4-8-18-20(16)22(19)12-11-21-18/h1-3,5-6,9-10,13,18,21H,4,7-8,11-12H2/p+1/t18-/m0/s1. The van der Waals surface area contributed by atoms with E-state index in [4.69, 9.17) is 4.74 Å². The second-order valence-electron chi connectivity index (χ2n) is 6.63. The molecule has 2 aliphatic rings. The Hall–Kier alpha value is -2.26. The predicted molar refractivity (Wildman–Crippen MR) is 90.9 cm³/mol. The van der Waals surface area contributed by atoms with Gasteiger partial charge >= 0.3 is 0 Å². The zero-order valence-electron chi connectivity index (χ0n) is 13.2. The lowest BCUT2D eigenvalue weighted by Gasteiger charge is -2.27. The number of para-hydroxylation sites is 1. The van der Waals surface area contributed by atoms with Crippen molar-refractivity contribution in [2.24, 2.45) is 0 Å². The monoisotopic (exact) mass is 305 g/mol. The molecule has 1 aliphatic carbocycles. The number of aromatic nitrogens is 1. The van der Waals surface area contributed by atoms with Gasteiger partial charge in [0, 0.05) is 17.3 Å². The van der Waals surface area contributed by atoms with Gasteiger partial charge in [-0.2, -0.15) is 0 Å². The third-order valence-electron chi connectivity index (χ3n) is 5.26. The van der Waals surface area contributed by atoms with Gasteiger partial charge in [-0.15, -0.1) is 0 Å². The molecule has 0 unspecified atom stereocenters. The molecule has 2 heterocycles. The number of nitrogens with zero attached hydrogens (tertiary/aromatic N) is 1. The number of hydrogen-bond acceptors (Lipinski definition) is 1. The molecule has 1 aliphatic heterocycles. The Morgan fingerprint density at radius 1 is 1.04 bits per heavy atom. The molecule has 0 radical (unpaired) electrons. The van der Waals surface area contributed by atoms with Crippen molar-refractivity contribution in [1.82, 2.24) is 4.57 Å². The summed E-state index contributed by atoms with van der Waals surface area (Å²) in [6.07, 6.45) is 3.83. The van der Waals surface area contributed by atoms with Crippen molar-refractivity contribution >= 4 is 10.9 Å². The van der Waals surface area contributed by atoms with Crippen LogP contribution in [-0.4, -0.2) is 11.1 Å². The first kappa shape index (κ1) is 13.2. The maximum absolute atomic E-state index is 6.05. The molecule has 116 valence electrons. The highest BCUT2D eigenvalue weighted by atomic mass is 16.5. The van der Waals surface area contributed by atoms with E-state index in [0.717, 1.165) is 18.0 Å². The fourth-order valence-electron chi connectivity index (χ4n) is 4.31. The van der Waals surface area contributed by atoms with E-state index in [0.29, 0.717) is 6.04 Å². The van der Waals surface area contributed by atoms with Gasteiger partial charge in [-0.05, 0) is 48.7 Å². The largest absolute Gasteiger partial charge is 0.457 e. The molecule has 3 nitrogen and oxygen atoms in total. The molecule has 0 saturated carbocycles. The first-order valence-electron chi connectivity index (χ1n) is 8.61. The average molecular weight is 305 g/mol. The average Bonchev–Trinajstić information content (AvgIpc) is 2.92. The van der Waals surface area contributed by atoms with Gasteiger partial charge in [0.1, 0.15) is 17.5 Å². The van der Waals surface area contributed by atoms with Crippen molar-refractivity contribution in [3.63, 3.8) is 0 Å². The van der Waals surface area contributed by atoms with Crippen LogP contribution in [0.5, 0.6) is 11.5 Å². The SMILES string of the molecule is c1ccc(Oc2ccc3c(c2)c2c4n3CC[NH2+][C@H]4CCC2)cc1. The van der Waals surface area contributed by atoms with Crippen molar-refractivity contribution in [2.75, 3.05) is 6.54 Å². The molecule has 23 heavy (non-hydrogen) atoms. The molecule has 0 bridgehead atoms. The minimum atomic E-state index is 0.665. The molecule has 2 N–H and O–H groups in total. The maximum atomic E-state index is 6.05. The quantitative estimate of drug-likeness (QED) is 0.773. The third-order valence-corrected chi connectivity index (χ3v) is 5.26. The summed E-state index contributed by atoms with van der Waals surface area (Å²) >= 11 is 0. The van der Waals surface area contributed by atoms with Crippen molar-refractivity contribution in [3.05, 3.63) is 59.8 Å². The summed E-state index contributed by atoms with van der Waals surface area (Å²) in [4.78, 5) is 0. The van der Waals surface area contributed by atoms with E-state index in [1.54, 1.807) is 11.3 Å². The van der Waals surface area contributed by atoms with Crippen molar-refractivity contribution in [2.45, 2.75) is 31.8 Å². The second-order valence-corrected chi connectivity index (χ2v) is 6.63. The number of fused-ring (bicyclic) bond motifs is 3. The Morgan fingerprint density at radius 3 is 2.87 bits per heavy atom. The van der Waals surface area contributed by atoms with Gasteiger partial charge in [-0.25, -0.2) is 0 Å². The molecule has 3 aromatic rings. The molecule has 0 amide bonds. The first-order chi connectivity index (χ1) is 11.4. The van der Waals surface area contributed by atoms with Gasteiger partial charge < -0.3 is 14.6 Å². The van der Waals surface area contributed by atoms with Gasteiger partial charge in [0.05, 0.1) is 18.8 Å². The topological polar surface area (TPSA) is 30.8 Å². The summed E-state index contributed by atoms with van der Waals surface area (Å²) in [5, 5.41) is 3.92. The van der Waals surface area contributed by atoms with E-state index in [2.05, 4.69) is 28.1 Å². The third kappa shape index (κ3) is 2.07. The Bertz CT molecular complexity index is 864. The van der Waals surface area contributed by atoms with Crippen molar-refractivity contribution in [3.8, 4) is 11.5 Å². The number of aryl methyl sites for hydroxylation is 1. The first-order valence-corrected chi connectivity index (χ1v) is 8.61. The minimum Gasteiger partial charge on any atom is -0.457 e. The van der Waals surface area contributed by atoms with Crippen LogP contribution in [0.2, 0.25) is 0 Å². The van der Waals surface area contributed by atoms with Crippen molar-refractivity contribution < 1.29 is 10.1 Å². The Morgan fingerprint density at radius 2 is 1.96 bits per heavy atom. The summed E-state index contributed by atoms with van der Waals surface area (Å²) in [5.74, 6) is 1.84. The summed E-state index contributed by atoms with van der Waals surface area (Å²) in [6, 6.07) is 17.3. The van der Waals surface area contributed by atoms with Crippen LogP contribution in [0.25, 0.3) is 10.9 Å². The van der Waals surface area contributed by atoms with E-state index in [-0.39, 0.29) is 0 Å². The zero-order valence-corrected chi connectivity index (χ0v) is 13.2. The molecular formula is C20H21N2O+. The highest BCUT2D eigenvalue weighted by Gasteiger charge is 2.32. The summed E-state index contributed by atoms with van der Waals surface area (Å²) in [6.45, 7) is 2.32. The highest BCUT2D eigenvalue weighted by molar-refractivity contribution is 5.87. The van der Waals surface area contributed by atoms with Gasteiger partial charge in [-0.3, -0.25) is 0 Å². The van der Waals surface area contributed by atoms with E-state index in [9.17, 15) is 0 Å². The molecule has 1 aromatic heterocycles. The Balaban J connectivity index is 1.63. The lowest BCUT2D eigenvalue weighted by molar-refractivity contribution is -0.704. The molecule has 2 aromatic carbocycles. The maximum Gasteiger partial charge on any atom is 0.128 e. The van der Waals surface area contributed by atoms with Crippen LogP contribution in [0.3, 0.4) is 0 Å². The van der Waals surface area contributed by atoms with E-state index in [1.807, 2.05) is 30.3 Å². The number of quaternary nitrogens is 1. The summed E-state index contributed by atoms with van der Waals surface area (Å²) in [5.41, 5.74) is 4.52. The Kier molecular flexibility index (Phi) is 2.95. The van der Waals surface area contributed by atoms with Crippen LogP contribution in [0.1, 0.15) is 30.1 Å². The van der Waals surface area contributed by atoms with E-state index < -0.39 is 0 Å². The molecular weight excluding hydrogens is 284 g/mol. The zero-order chi connectivity index (χ0) is 15.2. The van der Waals surface area contributed by atoms with E-state index >= 15 is 0 Å². The van der Waals surface area contributed by atoms with Gasteiger partial charge in [0.2, 0.25) is 0 Å². The lowest BCUT2D eigenvalue weighted by Crippen LogP contribution is -2.88. The van der Waals surface area contributed by atoms with Crippen molar-refractivity contribution in [1.29, 1.82) is 0 Å². The van der Waals surface area contributed by atoms with Crippen LogP contribution >= 0.6 is 0 Å².